The van der Waals surface area contributed by atoms with Crippen LogP contribution in [0.4, 0.5) is 0 Å². The molecule has 0 aromatic rings. The van der Waals surface area contributed by atoms with E-state index < -0.39 is 48.3 Å². The summed E-state index contributed by atoms with van der Waals surface area (Å²) in [4.78, 5) is 38.8. The Morgan fingerprint density at radius 1 is 0.636 bits per heavy atom. The number of carboxylic acid groups (broad SMARTS) is 4. The van der Waals surface area contributed by atoms with Gasteiger partial charge in [-0.15, -0.1) is 0 Å². The third-order valence-corrected chi connectivity index (χ3v) is 1.59. The normalized spacial score (nSPS) is 14.4. The number of aliphatic carboxylic acids is 4. The van der Waals surface area contributed by atoms with Crippen molar-refractivity contribution in [3.8, 4) is 0 Å². The molecule has 0 spiro atoms. The van der Waals surface area contributed by atoms with Gasteiger partial charge in [-0.2, -0.15) is 0 Å². The summed E-state index contributed by atoms with van der Waals surface area (Å²) < 4.78 is 0. The largest absolute Gasteiger partial charge is 2.00 e. The van der Waals surface area contributed by atoms with Crippen molar-refractivity contribution in [3.05, 3.63) is 0 Å². The Morgan fingerprint density at radius 3 is 0.864 bits per heavy atom. The Balaban J connectivity index is -0.000000135. The first kappa shape index (κ1) is 29.7. The van der Waals surface area contributed by atoms with Crippen LogP contribution in [0.5, 0.6) is 0 Å². The maximum atomic E-state index is 9.74. The fraction of sp³-hybridized carbons (Fsp3) is 0.500. The summed E-state index contributed by atoms with van der Waals surface area (Å²) in [6.45, 7) is 0. The molecule has 22 heavy (non-hydrogen) atoms. The molecule has 12 nitrogen and oxygen atoms in total. The second kappa shape index (κ2) is 14.3. The van der Waals surface area contributed by atoms with Crippen molar-refractivity contribution in [3.63, 3.8) is 0 Å². The van der Waals surface area contributed by atoms with Gasteiger partial charge < -0.3 is 50.4 Å². The van der Waals surface area contributed by atoms with Gasteiger partial charge in [0.1, 0.15) is 12.2 Å². The van der Waals surface area contributed by atoms with Crippen molar-refractivity contribution in [2.75, 3.05) is 0 Å². The minimum atomic E-state index is -2.38. The third kappa shape index (κ3) is 12.3. The van der Waals surface area contributed by atoms with E-state index >= 15 is 0 Å². The second-order valence-corrected chi connectivity index (χ2v) is 3.09. The molecule has 0 aliphatic heterocycles. The fourth-order valence-corrected chi connectivity index (χ4v) is 0.528. The van der Waals surface area contributed by atoms with Gasteiger partial charge in [0.15, 0.2) is 12.2 Å². The summed E-state index contributed by atoms with van der Waals surface area (Å²) in [5.41, 5.74) is 0. The van der Waals surface area contributed by atoms with E-state index in [0.29, 0.717) is 0 Å². The smallest absolute Gasteiger partial charge is 0.547 e. The van der Waals surface area contributed by atoms with Crippen LogP contribution < -0.4 is 10.2 Å². The number of carbonyl (C=O) groups is 4. The molecule has 0 aromatic carbocycles. The van der Waals surface area contributed by atoms with Crippen molar-refractivity contribution >= 4 is 69.4 Å². The summed E-state index contributed by atoms with van der Waals surface area (Å²) in [6.07, 6.45) is -9.41. The number of carbonyl (C=O) groups excluding carboxylic acids is 2. The molecule has 0 fully saturated rings. The molecule has 0 aliphatic rings. The van der Waals surface area contributed by atoms with Crippen LogP contribution >= 0.6 is 0 Å². The topological polar surface area (TPSA) is 236 Å². The van der Waals surface area contributed by atoms with E-state index in [2.05, 4.69) is 0 Å². The zero-order valence-corrected chi connectivity index (χ0v) is 14.9. The Kier molecular flexibility index (Phi) is 19.3. The number of rotatable bonds is 6. The third-order valence-electron chi connectivity index (χ3n) is 1.59. The number of hydrogen-bond acceptors (Lipinski definition) is 10. The standard InChI is InChI=1S/2C4H6O6.Cu.Sr/c2*5-1(3(7)8)2(6)4(9)10;;/h2*1-2,5-6H,(H,7,8)(H,9,10);;/q;;;+2/p-2. The molecule has 0 bridgehead atoms. The second-order valence-electron chi connectivity index (χ2n) is 3.09. The molecule has 127 valence electrons. The predicted octanol–water partition coefficient (Wildman–Crippen LogP) is -7.30. The number of aliphatic hydroxyl groups excluding tert-OH is 4. The van der Waals surface area contributed by atoms with Gasteiger partial charge in [0, 0.05) is 17.1 Å². The quantitative estimate of drug-likeness (QED) is 0.207. The Morgan fingerprint density at radius 2 is 0.818 bits per heavy atom. The molecule has 4 atom stereocenters. The summed E-state index contributed by atoms with van der Waals surface area (Å²) in [7, 11) is 0. The van der Waals surface area contributed by atoms with Gasteiger partial charge in [0.05, 0.1) is 11.9 Å². The zero-order valence-electron chi connectivity index (χ0n) is 10.5. The first-order valence-electron chi connectivity index (χ1n) is 4.53. The molecule has 0 saturated carbocycles. The average Bonchev–Trinajstić information content (AvgIpc) is 2.35. The van der Waals surface area contributed by atoms with Gasteiger partial charge in [0.25, 0.3) is 0 Å². The monoisotopic (exact) mass is 449 g/mol. The van der Waals surface area contributed by atoms with Crippen LogP contribution in [0, 0.1) is 0 Å². The zero-order chi connectivity index (χ0) is 16.6. The van der Waals surface area contributed by atoms with E-state index in [1.807, 2.05) is 0 Å². The van der Waals surface area contributed by atoms with Gasteiger partial charge in [-0.3, -0.25) is 0 Å². The van der Waals surface area contributed by atoms with Crippen molar-refractivity contribution in [2.24, 2.45) is 0 Å². The van der Waals surface area contributed by atoms with Crippen LogP contribution in [0.2, 0.25) is 0 Å². The van der Waals surface area contributed by atoms with Crippen LogP contribution in [0.3, 0.4) is 0 Å². The SMILES string of the molecule is O=C([O-])C(O)C(O)C(=O)O.O=C([O-])C(O)C(O)C(=O)O.[Cu].[Sr+2]. The summed E-state index contributed by atoms with van der Waals surface area (Å²) in [5, 5.41) is 68.3. The van der Waals surface area contributed by atoms with Gasteiger partial charge in [-0.05, 0) is 0 Å². The summed E-state index contributed by atoms with van der Waals surface area (Å²) in [5.74, 6) is -7.65. The first-order valence-corrected chi connectivity index (χ1v) is 4.53. The van der Waals surface area contributed by atoms with Crippen molar-refractivity contribution in [1.82, 2.24) is 0 Å². The molecule has 4 unspecified atom stereocenters. The van der Waals surface area contributed by atoms with Crippen LogP contribution in [0.1, 0.15) is 0 Å². The van der Waals surface area contributed by atoms with Gasteiger partial charge >= 0.3 is 57.4 Å². The Labute approximate surface area is 169 Å². The minimum Gasteiger partial charge on any atom is -0.547 e. The van der Waals surface area contributed by atoms with Crippen LogP contribution in [0.15, 0.2) is 0 Å². The minimum absolute atomic E-state index is 0. The molecule has 0 heterocycles. The molecule has 0 saturated heterocycles. The molecule has 1 radical (unpaired) electrons. The van der Waals surface area contributed by atoms with E-state index in [9.17, 15) is 29.4 Å². The van der Waals surface area contributed by atoms with E-state index in [4.69, 9.17) is 30.6 Å². The summed E-state index contributed by atoms with van der Waals surface area (Å²) in [6, 6.07) is 0. The van der Waals surface area contributed by atoms with E-state index in [0.717, 1.165) is 0 Å². The summed E-state index contributed by atoms with van der Waals surface area (Å²) >= 11 is 0. The van der Waals surface area contributed by atoms with Crippen LogP contribution in [-0.4, -0.2) is 124 Å². The molecule has 14 heteroatoms. The maximum absolute atomic E-state index is 9.74. The van der Waals surface area contributed by atoms with Crippen molar-refractivity contribution < 1.29 is 77.1 Å². The molecular formula is C8H10CuO12Sr. The van der Waals surface area contributed by atoms with Crippen LogP contribution in [0.25, 0.3) is 0 Å². The predicted molar refractivity (Wildman–Crippen MR) is 55.1 cm³/mol. The maximum Gasteiger partial charge on any atom is 2.00 e. The van der Waals surface area contributed by atoms with Gasteiger partial charge in [-0.25, -0.2) is 9.59 Å². The molecule has 0 aromatic heterocycles. The number of carboxylic acids is 4. The molecular weight excluding hydrogens is 439 g/mol. The Hall–Kier alpha value is -0.280. The molecule has 6 N–H and O–H groups in total. The average molecular weight is 449 g/mol. The molecule has 0 rings (SSSR count). The van der Waals surface area contributed by atoms with E-state index in [-0.39, 0.29) is 62.6 Å². The van der Waals surface area contributed by atoms with Crippen molar-refractivity contribution in [1.29, 1.82) is 0 Å². The van der Waals surface area contributed by atoms with E-state index in [1.165, 1.54) is 0 Å². The number of aliphatic hydroxyl groups is 4. The van der Waals surface area contributed by atoms with Gasteiger partial charge in [0.2, 0.25) is 0 Å². The first-order chi connectivity index (χ1) is 8.93. The number of hydrogen-bond donors (Lipinski definition) is 6. The molecule has 0 amide bonds. The Bertz CT molecular complexity index is 315. The van der Waals surface area contributed by atoms with Crippen molar-refractivity contribution in [2.45, 2.75) is 24.4 Å². The van der Waals surface area contributed by atoms with E-state index in [1.54, 1.807) is 0 Å². The fourth-order valence-electron chi connectivity index (χ4n) is 0.528. The van der Waals surface area contributed by atoms with Crippen LogP contribution in [-0.2, 0) is 36.2 Å². The van der Waals surface area contributed by atoms with Gasteiger partial charge in [-0.1, -0.05) is 0 Å². The molecule has 0 aliphatic carbocycles.